The maximum atomic E-state index is 10.6. The second kappa shape index (κ2) is 5.90. The van der Waals surface area contributed by atoms with E-state index in [1.807, 2.05) is 19.1 Å². The quantitative estimate of drug-likeness (QED) is 0.683. The molecule has 80 valence electrons. The fraction of sp³-hybridized carbons (Fsp3) is 0.250. The van der Waals surface area contributed by atoms with E-state index in [0.29, 0.717) is 6.42 Å². The Kier molecular flexibility index (Phi) is 4.81. The van der Waals surface area contributed by atoms with E-state index in [1.165, 1.54) is 0 Å². The number of aldehydes is 1. The Morgan fingerprint density at radius 2 is 2.07 bits per heavy atom. The molecule has 0 heterocycles. The highest BCUT2D eigenvalue weighted by Gasteiger charge is 2.07. The van der Waals surface area contributed by atoms with E-state index in [2.05, 4.69) is 28.7 Å². The zero-order valence-corrected chi connectivity index (χ0v) is 10.6. The van der Waals surface area contributed by atoms with Crippen molar-refractivity contribution in [3.05, 3.63) is 39.5 Å². The van der Waals surface area contributed by atoms with Crippen LogP contribution >= 0.6 is 22.6 Å². The van der Waals surface area contributed by atoms with Crippen LogP contribution in [0.4, 0.5) is 0 Å². The van der Waals surface area contributed by atoms with Crippen LogP contribution in [0.1, 0.15) is 24.8 Å². The lowest BCUT2D eigenvalue weighted by molar-refractivity contribution is -0.108. The third-order valence-corrected chi connectivity index (χ3v) is 2.46. The molecule has 2 nitrogen and oxygen atoms in total. The molecule has 1 atom stereocenters. The van der Waals surface area contributed by atoms with E-state index in [1.54, 1.807) is 12.1 Å². The van der Waals surface area contributed by atoms with Gasteiger partial charge in [0.25, 0.3) is 0 Å². The lowest BCUT2D eigenvalue weighted by Gasteiger charge is -2.10. The van der Waals surface area contributed by atoms with Crippen molar-refractivity contribution in [1.82, 2.24) is 0 Å². The molecule has 15 heavy (non-hydrogen) atoms. The van der Waals surface area contributed by atoms with Crippen LogP contribution in [0.3, 0.4) is 0 Å². The monoisotopic (exact) mass is 316 g/mol. The van der Waals surface area contributed by atoms with Gasteiger partial charge in [0, 0.05) is 12.3 Å². The van der Waals surface area contributed by atoms with Gasteiger partial charge >= 0.3 is 0 Å². The van der Waals surface area contributed by atoms with Crippen molar-refractivity contribution in [3.63, 3.8) is 0 Å². The van der Waals surface area contributed by atoms with E-state index in [4.69, 9.17) is 5.11 Å². The predicted octanol–water partition coefficient (Wildman–Crippen LogP) is 3.40. The molecule has 1 aromatic carbocycles. The number of phenols is 1. The summed E-state index contributed by atoms with van der Waals surface area (Å²) in [6.45, 7) is 2.00. The normalized spacial score (nSPS) is 13.6. The number of rotatable bonds is 4. The lowest BCUT2D eigenvalue weighted by Crippen LogP contribution is -1.96. The summed E-state index contributed by atoms with van der Waals surface area (Å²) in [6, 6.07) is 6.98. The number of carbonyl (C=O) groups excluding carboxylic acids is 1. The van der Waals surface area contributed by atoms with Crippen molar-refractivity contribution >= 4 is 28.9 Å². The van der Waals surface area contributed by atoms with Crippen molar-refractivity contribution in [2.24, 2.45) is 0 Å². The number of benzene rings is 1. The first-order valence-electron chi connectivity index (χ1n) is 4.70. The molecule has 0 aliphatic rings. The van der Waals surface area contributed by atoms with Gasteiger partial charge in [0.15, 0.2) is 0 Å². The Labute approximate surface area is 103 Å². The Hall–Kier alpha value is -0.840. The summed E-state index contributed by atoms with van der Waals surface area (Å²) < 4.78 is 1.16. The highest BCUT2D eigenvalue weighted by molar-refractivity contribution is 14.1. The minimum atomic E-state index is 0.111. The average Bonchev–Trinajstić information content (AvgIpc) is 2.17. The highest BCUT2D eigenvalue weighted by Crippen LogP contribution is 2.25. The number of halogens is 1. The van der Waals surface area contributed by atoms with Gasteiger partial charge in [-0.1, -0.05) is 18.2 Å². The van der Waals surface area contributed by atoms with Crippen LogP contribution in [0, 0.1) is 0 Å². The van der Waals surface area contributed by atoms with Crippen LogP contribution in [-0.2, 0) is 4.79 Å². The van der Waals surface area contributed by atoms with Gasteiger partial charge < -0.3 is 9.90 Å². The minimum Gasteiger partial charge on any atom is -0.508 e. The average molecular weight is 316 g/mol. The van der Waals surface area contributed by atoms with E-state index < -0.39 is 0 Å². The number of hydrogen-bond acceptors (Lipinski definition) is 2. The predicted molar refractivity (Wildman–Crippen MR) is 69.3 cm³/mol. The summed E-state index contributed by atoms with van der Waals surface area (Å²) in [4.78, 5) is 10.6. The van der Waals surface area contributed by atoms with Crippen LogP contribution in [0.25, 0.3) is 0 Å². The standard InChI is InChI=1S/C12H13IO2/c1-9(13)8-11(6-7-14)10-2-4-12(15)5-3-10/h2-5,7-8,11,15H,6H2,1H3/b9-8+/t11-/m1/s1. The van der Waals surface area contributed by atoms with Crippen molar-refractivity contribution in [2.45, 2.75) is 19.3 Å². The van der Waals surface area contributed by atoms with Gasteiger partial charge in [-0.05, 0) is 50.8 Å². The van der Waals surface area contributed by atoms with Gasteiger partial charge in [-0.25, -0.2) is 0 Å². The van der Waals surface area contributed by atoms with Crippen molar-refractivity contribution in [2.75, 3.05) is 0 Å². The van der Waals surface area contributed by atoms with Crippen molar-refractivity contribution in [3.8, 4) is 5.75 Å². The van der Waals surface area contributed by atoms with Crippen LogP contribution in [0.2, 0.25) is 0 Å². The molecular formula is C12H13IO2. The molecule has 1 aromatic rings. The SMILES string of the molecule is C/C(I)=C\[C@@H](CC=O)c1ccc(O)cc1. The topological polar surface area (TPSA) is 37.3 Å². The first kappa shape index (κ1) is 12.2. The molecule has 0 amide bonds. The van der Waals surface area contributed by atoms with E-state index in [0.717, 1.165) is 15.4 Å². The summed E-state index contributed by atoms with van der Waals surface area (Å²) in [7, 11) is 0. The second-order valence-corrected chi connectivity index (χ2v) is 5.06. The largest absolute Gasteiger partial charge is 0.508 e. The highest BCUT2D eigenvalue weighted by atomic mass is 127. The molecule has 3 heteroatoms. The molecule has 0 unspecified atom stereocenters. The van der Waals surface area contributed by atoms with E-state index in [9.17, 15) is 4.79 Å². The number of aromatic hydroxyl groups is 1. The van der Waals surface area contributed by atoms with Gasteiger partial charge in [0.05, 0.1) is 0 Å². The first-order chi connectivity index (χ1) is 7.13. The molecule has 0 saturated carbocycles. The minimum absolute atomic E-state index is 0.111. The first-order valence-corrected chi connectivity index (χ1v) is 5.78. The van der Waals surface area contributed by atoms with Gasteiger partial charge in [-0.15, -0.1) is 0 Å². The molecular weight excluding hydrogens is 303 g/mol. The zero-order chi connectivity index (χ0) is 11.3. The number of phenolic OH excluding ortho intramolecular Hbond substituents is 1. The number of allylic oxidation sites excluding steroid dienone is 2. The van der Waals surface area contributed by atoms with E-state index >= 15 is 0 Å². The van der Waals surface area contributed by atoms with Crippen molar-refractivity contribution < 1.29 is 9.90 Å². The summed E-state index contributed by atoms with van der Waals surface area (Å²) in [6.07, 6.45) is 3.46. The number of carbonyl (C=O) groups is 1. The third-order valence-electron chi connectivity index (χ3n) is 2.10. The zero-order valence-electron chi connectivity index (χ0n) is 8.48. The number of hydrogen-bond donors (Lipinski definition) is 1. The molecule has 0 saturated heterocycles. The van der Waals surface area contributed by atoms with Gasteiger partial charge in [0.2, 0.25) is 0 Å². The summed E-state index contributed by atoms with van der Waals surface area (Å²) in [5, 5.41) is 9.16. The molecule has 1 N–H and O–H groups in total. The van der Waals surface area contributed by atoms with Gasteiger partial charge in [-0.2, -0.15) is 0 Å². The molecule has 0 aliphatic heterocycles. The Balaban J connectivity index is 2.93. The molecule has 0 aliphatic carbocycles. The van der Waals surface area contributed by atoms with E-state index in [-0.39, 0.29) is 11.7 Å². The van der Waals surface area contributed by atoms with Gasteiger partial charge in [-0.3, -0.25) is 0 Å². The second-order valence-electron chi connectivity index (χ2n) is 3.35. The summed E-state index contributed by atoms with van der Waals surface area (Å²) in [5.41, 5.74) is 1.05. The maximum Gasteiger partial charge on any atom is 0.120 e. The smallest absolute Gasteiger partial charge is 0.120 e. The molecule has 0 fully saturated rings. The third kappa shape index (κ3) is 4.03. The fourth-order valence-corrected chi connectivity index (χ4v) is 1.84. The lowest BCUT2D eigenvalue weighted by atomic mass is 9.96. The molecule has 0 spiro atoms. The Morgan fingerprint density at radius 3 is 2.53 bits per heavy atom. The van der Waals surface area contributed by atoms with Crippen LogP contribution in [0.5, 0.6) is 5.75 Å². The molecule has 0 aromatic heterocycles. The maximum absolute atomic E-state index is 10.6. The molecule has 0 bridgehead atoms. The Bertz CT molecular complexity index is 350. The van der Waals surface area contributed by atoms with Crippen molar-refractivity contribution in [1.29, 1.82) is 0 Å². The Morgan fingerprint density at radius 1 is 1.47 bits per heavy atom. The van der Waals surface area contributed by atoms with Gasteiger partial charge in [0.1, 0.15) is 12.0 Å². The summed E-state index contributed by atoms with van der Waals surface area (Å²) in [5.74, 6) is 0.360. The molecule has 0 radical (unpaired) electrons. The van der Waals surface area contributed by atoms with Crippen LogP contribution in [-0.4, -0.2) is 11.4 Å². The van der Waals surface area contributed by atoms with Crippen LogP contribution < -0.4 is 0 Å². The molecule has 1 rings (SSSR count). The summed E-state index contributed by atoms with van der Waals surface area (Å²) >= 11 is 2.23. The fourth-order valence-electron chi connectivity index (χ4n) is 1.40. The van der Waals surface area contributed by atoms with Crippen LogP contribution in [0.15, 0.2) is 33.9 Å².